The quantitative estimate of drug-likeness (QED) is 0.545. The zero-order valence-electron chi connectivity index (χ0n) is 10.7. The van der Waals surface area contributed by atoms with Crippen molar-refractivity contribution in [2.75, 3.05) is 0 Å². The van der Waals surface area contributed by atoms with Crippen molar-refractivity contribution in [3.8, 4) is 22.3 Å². The Labute approximate surface area is 130 Å². The molecule has 0 saturated carbocycles. The van der Waals surface area contributed by atoms with Crippen LogP contribution in [-0.4, -0.2) is 29.7 Å². The van der Waals surface area contributed by atoms with Gasteiger partial charge in [-0.25, -0.2) is 14.5 Å². The number of fused-ring (bicyclic) bond motifs is 1. The van der Waals surface area contributed by atoms with E-state index < -0.39 is 0 Å². The standard InChI is InChI=1S/C12H7BrN6OS/c1-6-7(4-14-9-2-3-16-19(6)9)11-17-10(18-20-11)12-15-5-8(13)21-12/h2-5H,1H3. The fraction of sp³-hybridized carbons (Fsp3) is 0.0833. The maximum atomic E-state index is 5.33. The summed E-state index contributed by atoms with van der Waals surface area (Å²) < 4.78 is 7.98. The fourth-order valence-corrected chi connectivity index (χ4v) is 3.11. The van der Waals surface area contributed by atoms with Gasteiger partial charge in [0.2, 0.25) is 5.82 Å². The Kier molecular flexibility index (Phi) is 2.82. The van der Waals surface area contributed by atoms with Gasteiger partial charge in [0.15, 0.2) is 10.7 Å². The van der Waals surface area contributed by atoms with Crippen molar-refractivity contribution in [3.63, 3.8) is 0 Å². The normalized spacial score (nSPS) is 11.3. The van der Waals surface area contributed by atoms with Gasteiger partial charge in [0, 0.05) is 12.3 Å². The lowest BCUT2D eigenvalue weighted by Gasteiger charge is -2.02. The van der Waals surface area contributed by atoms with E-state index in [0.29, 0.717) is 16.7 Å². The Bertz CT molecular complexity index is 942. The van der Waals surface area contributed by atoms with Gasteiger partial charge < -0.3 is 4.52 Å². The molecule has 21 heavy (non-hydrogen) atoms. The zero-order valence-corrected chi connectivity index (χ0v) is 13.1. The van der Waals surface area contributed by atoms with E-state index >= 15 is 0 Å². The summed E-state index contributed by atoms with van der Waals surface area (Å²) in [5.74, 6) is 0.861. The van der Waals surface area contributed by atoms with Crippen molar-refractivity contribution < 1.29 is 4.52 Å². The average Bonchev–Trinajstić information content (AvgIpc) is 3.17. The van der Waals surface area contributed by atoms with Crippen LogP contribution in [0, 0.1) is 6.92 Å². The summed E-state index contributed by atoms with van der Waals surface area (Å²) in [4.78, 5) is 12.9. The number of rotatable bonds is 2. The molecule has 0 aliphatic heterocycles. The third kappa shape index (κ3) is 2.05. The van der Waals surface area contributed by atoms with Crippen molar-refractivity contribution in [1.29, 1.82) is 0 Å². The van der Waals surface area contributed by atoms with Crippen LogP contribution in [0.4, 0.5) is 0 Å². The summed E-state index contributed by atoms with van der Waals surface area (Å²) in [6.45, 7) is 1.93. The molecule has 0 unspecified atom stereocenters. The lowest BCUT2D eigenvalue weighted by atomic mass is 10.2. The van der Waals surface area contributed by atoms with E-state index in [1.165, 1.54) is 11.3 Å². The van der Waals surface area contributed by atoms with Crippen molar-refractivity contribution >= 4 is 32.9 Å². The molecule has 0 aliphatic carbocycles. The highest BCUT2D eigenvalue weighted by Gasteiger charge is 2.17. The van der Waals surface area contributed by atoms with Gasteiger partial charge >= 0.3 is 0 Å². The fourth-order valence-electron chi connectivity index (χ4n) is 1.98. The van der Waals surface area contributed by atoms with E-state index in [9.17, 15) is 0 Å². The number of hydrogen-bond acceptors (Lipinski definition) is 7. The van der Waals surface area contributed by atoms with Gasteiger partial charge in [-0.1, -0.05) is 5.16 Å². The SMILES string of the molecule is Cc1c(-c2nc(-c3ncc(Br)s3)no2)cnc2ccnn12. The highest BCUT2D eigenvalue weighted by Crippen LogP contribution is 2.29. The summed E-state index contributed by atoms with van der Waals surface area (Å²) in [5, 5.41) is 8.89. The number of thiazole rings is 1. The second-order valence-electron chi connectivity index (χ2n) is 4.25. The smallest absolute Gasteiger partial charge is 0.261 e. The third-order valence-electron chi connectivity index (χ3n) is 2.98. The zero-order chi connectivity index (χ0) is 14.4. The minimum absolute atomic E-state index is 0.402. The van der Waals surface area contributed by atoms with E-state index in [4.69, 9.17) is 4.52 Å². The van der Waals surface area contributed by atoms with Gasteiger partial charge in [0.25, 0.3) is 5.89 Å². The van der Waals surface area contributed by atoms with Gasteiger partial charge in [0.05, 0.1) is 27.4 Å². The Balaban J connectivity index is 1.82. The van der Waals surface area contributed by atoms with Crippen molar-refractivity contribution in [2.45, 2.75) is 6.92 Å². The molecule has 4 heterocycles. The second kappa shape index (κ2) is 4.71. The molecule has 4 aromatic heterocycles. The molecule has 0 saturated heterocycles. The minimum Gasteiger partial charge on any atom is -0.333 e. The first-order valence-electron chi connectivity index (χ1n) is 5.97. The number of hydrogen-bond donors (Lipinski definition) is 0. The Hall–Kier alpha value is -2.13. The maximum absolute atomic E-state index is 5.33. The van der Waals surface area contributed by atoms with Crippen LogP contribution >= 0.6 is 27.3 Å². The van der Waals surface area contributed by atoms with Gasteiger partial charge in [-0.2, -0.15) is 10.1 Å². The van der Waals surface area contributed by atoms with Crippen molar-refractivity contribution in [1.82, 2.24) is 29.7 Å². The highest BCUT2D eigenvalue weighted by molar-refractivity contribution is 9.11. The molecule has 0 radical (unpaired) electrons. The molecule has 0 aliphatic rings. The predicted molar refractivity (Wildman–Crippen MR) is 79.8 cm³/mol. The largest absolute Gasteiger partial charge is 0.333 e. The Morgan fingerprint density at radius 1 is 1.29 bits per heavy atom. The molecule has 0 amide bonds. The van der Waals surface area contributed by atoms with E-state index in [1.54, 1.807) is 23.1 Å². The maximum Gasteiger partial charge on any atom is 0.261 e. The molecular formula is C12H7BrN6OS. The highest BCUT2D eigenvalue weighted by atomic mass is 79.9. The van der Waals surface area contributed by atoms with Gasteiger partial charge in [0.1, 0.15) is 0 Å². The van der Waals surface area contributed by atoms with E-state index in [1.807, 2.05) is 13.0 Å². The van der Waals surface area contributed by atoms with Crippen LogP contribution in [0.5, 0.6) is 0 Å². The van der Waals surface area contributed by atoms with Crippen LogP contribution in [0.25, 0.3) is 27.9 Å². The molecule has 104 valence electrons. The van der Waals surface area contributed by atoms with Crippen LogP contribution < -0.4 is 0 Å². The first-order chi connectivity index (χ1) is 10.2. The lowest BCUT2D eigenvalue weighted by Crippen LogP contribution is -1.98. The number of aromatic nitrogens is 6. The molecule has 4 aromatic rings. The topological polar surface area (TPSA) is 82.0 Å². The monoisotopic (exact) mass is 362 g/mol. The van der Waals surface area contributed by atoms with Crippen molar-refractivity contribution in [2.24, 2.45) is 0 Å². The predicted octanol–water partition coefficient (Wildman–Crippen LogP) is 2.97. The van der Waals surface area contributed by atoms with Crippen LogP contribution in [0.1, 0.15) is 5.69 Å². The molecule has 9 heteroatoms. The average molecular weight is 363 g/mol. The van der Waals surface area contributed by atoms with Crippen LogP contribution in [0.3, 0.4) is 0 Å². The molecular weight excluding hydrogens is 356 g/mol. The van der Waals surface area contributed by atoms with Crippen molar-refractivity contribution in [3.05, 3.63) is 34.1 Å². The first-order valence-corrected chi connectivity index (χ1v) is 7.58. The summed E-state index contributed by atoms with van der Waals surface area (Å²) in [7, 11) is 0. The number of halogens is 1. The number of aryl methyl sites for hydroxylation is 1. The Morgan fingerprint density at radius 2 is 2.19 bits per heavy atom. The molecule has 0 fully saturated rings. The third-order valence-corrected chi connectivity index (χ3v) is 4.45. The summed E-state index contributed by atoms with van der Waals surface area (Å²) in [5.41, 5.74) is 2.42. The van der Waals surface area contributed by atoms with Crippen LogP contribution in [0.2, 0.25) is 0 Å². The van der Waals surface area contributed by atoms with Crippen LogP contribution in [-0.2, 0) is 0 Å². The summed E-state index contributed by atoms with van der Waals surface area (Å²) >= 11 is 4.81. The van der Waals surface area contributed by atoms with Gasteiger partial charge in [-0.3, -0.25) is 0 Å². The van der Waals surface area contributed by atoms with E-state index in [2.05, 4.69) is 41.1 Å². The van der Waals surface area contributed by atoms with E-state index in [0.717, 1.165) is 20.7 Å². The first kappa shape index (κ1) is 12.6. The van der Waals surface area contributed by atoms with Gasteiger partial charge in [-0.15, -0.1) is 11.3 Å². The second-order valence-corrected chi connectivity index (χ2v) is 6.66. The molecule has 4 rings (SSSR count). The molecule has 7 nitrogen and oxygen atoms in total. The molecule has 0 spiro atoms. The molecule has 0 aromatic carbocycles. The summed E-state index contributed by atoms with van der Waals surface area (Å²) in [6, 6.07) is 1.84. The summed E-state index contributed by atoms with van der Waals surface area (Å²) in [6.07, 6.45) is 5.12. The lowest BCUT2D eigenvalue weighted by molar-refractivity contribution is 0.431. The molecule has 0 atom stereocenters. The minimum atomic E-state index is 0.402. The molecule has 0 bridgehead atoms. The van der Waals surface area contributed by atoms with Crippen LogP contribution in [0.15, 0.2) is 33.0 Å². The number of nitrogens with zero attached hydrogens (tertiary/aromatic N) is 6. The molecule has 0 N–H and O–H groups in total. The van der Waals surface area contributed by atoms with E-state index in [-0.39, 0.29) is 0 Å². The van der Waals surface area contributed by atoms with Gasteiger partial charge in [-0.05, 0) is 22.9 Å². The Morgan fingerprint density at radius 3 is 3.00 bits per heavy atom.